The number of hydrogen-bond acceptors (Lipinski definition) is 4. The van der Waals surface area contributed by atoms with Crippen molar-refractivity contribution in [3.05, 3.63) is 62.7 Å². The van der Waals surface area contributed by atoms with Crippen molar-refractivity contribution in [2.75, 3.05) is 5.32 Å². The van der Waals surface area contributed by atoms with Gasteiger partial charge < -0.3 is 10.4 Å². The van der Waals surface area contributed by atoms with Crippen molar-refractivity contribution in [1.82, 2.24) is 0 Å². The second-order valence-corrected chi connectivity index (χ2v) is 5.11. The minimum absolute atomic E-state index is 0.0421. The molecule has 0 aromatic heterocycles. The normalized spacial score (nSPS) is 10.3. The SMILES string of the molecule is Cc1cc(O)c(NC(=O)c2cccc([N+](=O)[O-])c2C)cc1C. The highest BCUT2D eigenvalue weighted by atomic mass is 16.6. The van der Waals surface area contributed by atoms with Crippen molar-refractivity contribution in [3.63, 3.8) is 0 Å². The number of nitro benzene ring substituents is 1. The number of phenolic OH excluding ortho intramolecular Hbond substituents is 1. The molecule has 0 bridgehead atoms. The number of anilines is 1. The molecule has 0 heterocycles. The van der Waals surface area contributed by atoms with Gasteiger partial charge in [-0.2, -0.15) is 0 Å². The number of carbonyl (C=O) groups excluding carboxylic acids is 1. The van der Waals surface area contributed by atoms with E-state index in [4.69, 9.17) is 0 Å². The Morgan fingerprint density at radius 1 is 1.18 bits per heavy atom. The molecule has 2 N–H and O–H groups in total. The molecule has 0 radical (unpaired) electrons. The Labute approximate surface area is 127 Å². The number of nitro groups is 1. The van der Waals surface area contributed by atoms with Crippen LogP contribution in [-0.2, 0) is 0 Å². The number of aromatic hydroxyl groups is 1. The lowest BCUT2D eigenvalue weighted by molar-refractivity contribution is -0.385. The number of hydrogen-bond donors (Lipinski definition) is 2. The van der Waals surface area contributed by atoms with E-state index in [1.165, 1.54) is 25.1 Å². The molecule has 22 heavy (non-hydrogen) atoms. The molecule has 2 aromatic carbocycles. The number of phenols is 1. The molecule has 6 nitrogen and oxygen atoms in total. The Balaban J connectivity index is 2.36. The molecule has 0 unspecified atom stereocenters. The standard InChI is InChI=1S/C16H16N2O4/c1-9-7-13(15(19)8-10(9)2)17-16(20)12-5-4-6-14(11(12)3)18(21)22/h4-8,19H,1-3H3,(H,17,20). The third kappa shape index (κ3) is 2.90. The van der Waals surface area contributed by atoms with E-state index in [0.717, 1.165) is 11.1 Å². The third-order valence-electron chi connectivity index (χ3n) is 3.61. The minimum Gasteiger partial charge on any atom is -0.506 e. The largest absolute Gasteiger partial charge is 0.506 e. The van der Waals surface area contributed by atoms with Gasteiger partial charge in [-0.15, -0.1) is 0 Å². The quantitative estimate of drug-likeness (QED) is 0.515. The molecule has 0 saturated heterocycles. The van der Waals surface area contributed by atoms with Crippen LogP contribution in [0.2, 0.25) is 0 Å². The summed E-state index contributed by atoms with van der Waals surface area (Å²) >= 11 is 0. The lowest BCUT2D eigenvalue weighted by Crippen LogP contribution is -2.14. The maximum atomic E-state index is 12.3. The van der Waals surface area contributed by atoms with Crippen LogP contribution in [0.4, 0.5) is 11.4 Å². The van der Waals surface area contributed by atoms with E-state index in [2.05, 4.69) is 5.32 Å². The van der Waals surface area contributed by atoms with E-state index in [9.17, 15) is 20.0 Å². The molecular formula is C16H16N2O4. The van der Waals surface area contributed by atoms with Crippen LogP contribution in [0.15, 0.2) is 30.3 Å². The van der Waals surface area contributed by atoms with Crippen molar-refractivity contribution < 1.29 is 14.8 Å². The Morgan fingerprint density at radius 3 is 2.45 bits per heavy atom. The number of rotatable bonds is 3. The van der Waals surface area contributed by atoms with Crippen molar-refractivity contribution in [2.24, 2.45) is 0 Å². The van der Waals surface area contributed by atoms with Gasteiger partial charge in [0.1, 0.15) is 5.75 Å². The maximum Gasteiger partial charge on any atom is 0.273 e. The number of aryl methyl sites for hydroxylation is 2. The van der Waals surface area contributed by atoms with Crippen LogP contribution in [0.5, 0.6) is 5.75 Å². The van der Waals surface area contributed by atoms with Gasteiger partial charge in [0, 0.05) is 17.2 Å². The molecule has 0 aliphatic carbocycles. The summed E-state index contributed by atoms with van der Waals surface area (Å²) in [6.45, 7) is 5.24. The fourth-order valence-electron chi connectivity index (χ4n) is 2.16. The summed E-state index contributed by atoms with van der Waals surface area (Å²) in [6.07, 6.45) is 0. The summed E-state index contributed by atoms with van der Waals surface area (Å²) in [6, 6.07) is 7.54. The second-order valence-electron chi connectivity index (χ2n) is 5.11. The minimum atomic E-state index is -0.528. The molecule has 0 spiro atoms. The van der Waals surface area contributed by atoms with Gasteiger partial charge in [-0.1, -0.05) is 6.07 Å². The van der Waals surface area contributed by atoms with Crippen LogP contribution in [0.1, 0.15) is 27.0 Å². The zero-order chi connectivity index (χ0) is 16.4. The number of nitrogens with zero attached hydrogens (tertiary/aromatic N) is 1. The predicted octanol–water partition coefficient (Wildman–Crippen LogP) is 3.48. The predicted molar refractivity (Wildman–Crippen MR) is 83.4 cm³/mol. The monoisotopic (exact) mass is 300 g/mol. The van der Waals surface area contributed by atoms with Crippen LogP contribution in [0, 0.1) is 30.9 Å². The van der Waals surface area contributed by atoms with E-state index in [1.807, 2.05) is 13.8 Å². The Bertz CT molecular complexity index is 769. The first-order valence-corrected chi connectivity index (χ1v) is 6.67. The number of nitrogens with one attached hydrogen (secondary N) is 1. The molecule has 114 valence electrons. The first kappa shape index (κ1) is 15.5. The average Bonchev–Trinajstić information content (AvgIpc) is 2.44. The molecular weight excluding hydrogens is 284 g/mol. The Hall–Kier alpha value is -2.89. The fourth-order valence-corrected chi connectivity index (χ4v) is 2.16. The molecule has 0 atom stereocenters. The van der Waals surface area contributed by atoms with Crippen molar-refractivity contribution in [2.45, 2.75) is 20.8 Å². The van der Waals surface area contributed by atoms with Crippen LogP contribution < -0.4 is 5.32 Å². The van der Waals surface area contributed by atoms with Crippen molar-refractivity contribution in [1.29, 1.82) is 0 Å². The van der Waals surface area contributed by atoms with Gasteiger partial charge in [0.15, 0.2) is 0 Å². The van der Waals surface area contributed by atoms with E-state index in [-0.39, 0.29) is 28.3 Å². The van der Waals surface area contributed by atoms with Crippen LogP contribution >= 0.6 is 0 Å². The molecule has 0 saturated carbocycles. The average molecular weight is 300 g/mol. The van der Waals surface area contributed by atoms with E-state index in [0.29, 0.717) is 0 Å². The van der Waals surface area contributed by atoms with Gasteiger partial charge in [-0.25, -0.2) is 0 Å². The van der Waals surface area contributed by atoms with Gasteiger partial charge >= 0.3 is 0 Å². The first-order chi connectivity index (χ1) is 10.3. The second kappa shape index (κ2) is 5.85. The molecule has 0 aliphatic heterocycles. The van der Waals surface area contributed by atoms with E-state index in [1.54, 1.807) is 12.1 Å². The summed E-state index contributed by atoms with van der Waals surface area (Å²) in [5, 5.41) is 23.4. The third-order valence-corrected chi connectivity index (χ3v) is 3.61. The summed E-state index contributed by atoms with van der Waals surface area (Å²) in [7, 11) is 0. The van der Waals surface area contributed by atoms with Crippen molar-refractivity contribution >= 4 is 17.3 Å². The van der Waals surface area contributed by atoms with Gasteiger partial charge in [0.25, 0.3) is 11.6 Å². The smallest absolute Gasteiger partial charge is 0.273 e. The van der Waals surface area contributed by atoms with Crippen LogP contribution in [0.3, 0.4) is 0 Å². The van der Waals surface area contributed by atoms with Gasteiger partial charge in [-0.3, -0.25) is 14.9 Å². The molecule has 2 aromatic rings. The highest BCUT2D eigenvalue weighted by Gasteiger charge is 2.18. The van der Waals surface area contributed by atoms with E-state index < -0.39 is 10.8 Å². The summed E-state index contributed by atoms with van der Waals surface area (Å²) in [5.74, 6) is -0.542. The number of carbonyl (C=O) groups is 1. The number of benzene rings is 2. The van der Waals surface area contributed by atoms with Crippen LogP contribution in [-0.4, -0.2) is 15.9 Å². The lowest BCUT2D eigenvalue weighted by Gasteiger charge is -2.11. The maximum absolute atomic E-state index is 12.3. The molecule has 6 heteroatoms. The van der Waals surface area contributed by atoms with Crippen molar-refractivity contribution in [3.8, 4) is 5.75 Å². The highest BCUT2D eigenvalue weighted by molar-refractivity contribution is 6.06. The lowest BCUT2D eigenvalue weighted by atomic mass is 10.1. The van der Waals surface area contributed by atoms with Gasteiger partial charge in [0.2, 0.25) is 0 Å². The van der Waals surface area contributed by atoms with Gasteiger partial charge in [0.05, 0.1) is 10.6 Å². The zero-order valence-corrected chi connectivity index (χ0v) is 12.5. The molecule has 1 amide bonds. The Morgan fingerprint density at radius 2 is 1.82 bits per heavy atom. The molecule has 0 fully saturated rings. The molecule has 2 rings (SSSR count). The van der Waals surface area contributed by atoms with Crippen LogP contribution in [0.25, 0.3) is 0 Å². The topological polar surface area (TPSA) is 92.5 Å². The summed E-state index contributed by atoms with van der Waals surface area (Å²) < 4.78 is 0. The first-order valence-electron chi connectivity index (χ1n) is 6.67. The summed E-state index contributed by atoms with van der Waals surface area (Å²) in [4.78, 5) is 22.7. The Kier molecular flexibility index (Phi) is 4.12. The zero-order valence-electron chi connectivity index (χ0n) is 12.5. The van der Waals surface area contributed by atoms with Gasteiger partial charge in [-0.05, 0) is 50.1 Å². The fraction of sp³-hybridized carbons (Fsp3) is 0.188. The van der Waals surface area contributed by atoms with E-state index >= 15 is 0 Å². The number of amides is 1. The summed E-state index contributed by atoms with van der Waals surface area (Å²) in [5.41, 5.74) is 2.47. The highest BCUT2D eigenvalue weighted by Crippen LogP contribution is 2.28. The molecule has 0 aliphatic rings.